The van der Waals surface area contributed by atoms with Gasteiger partial charge >= 0.3 is 0 Å². The van der Waals surface area contributed by atoms with Gasteiger partial charge in [-0.05, 0) is 69.2 Å². The molecule has 1 saturated carbocycles. The van der Waals surface area contributed by atoms with E-state index in [4.69, 9.17) is 14.7 Å². The molecular weight excluding hydrogens is 342 g/mol. The highest BCUT2D eigenvalue weighted by Gasteiger charge is 2.41. The Labute approximate surface area is 159 Å². The number of rotatable bonds is 5. The van der Waals surface area contributed by atoms with Crippen LogP contribution in [0.2, 0.25) is 0 Å². The van der Waals surface area contributed by atoms with Crippen molar-refractivity contribution in [2.24, 2.45) is 4.99 Å². The maximum atomic E-state index is 6.09. The Morgan fingerprint density at radius 2 is 1.92 bits per heavy atom. The number of ether oxygens (including phenoxy) is 1. The molecule has 1 aliphatic heterocycles. The first-order chi connectivity index (χ1) is 12.5. The molecule has 0 atom stereocenters. The predicted octanol–water partition coefficient (Wildman–Crippen LogP) is 5.75. The minimum absolute atomic E-state index is 0.288. The molecule has 1 saturated heterocycles. The Morgan fingerprint density at radius 1 is 1.15 bits per heavy atom. The Kier molecular flexibility index (Phi) is 4.74. The summed E-state index contributed by atoms with van der Waals surface area (Å²) in [6.07, 6.45) is 8.35. The van der Waals surface area contributed by atoms with Crippen LogP contribution >= 0.6 is 11.3 Å². The average molecular weight is 370 g/mol. The molecule has 0 spiro atoms. The largest absolute Gasteiger partial charge is 0.431 e. The first kappa shape index (κ1) is 17.5. The summed E-state index contributed by atoms with van der Waals surface area (Å²) in [5, 5.41) is 2.88. The molecule has 2 heterocycles. The Morgan fingerprint density at radius 3 is 2.65 bits per heavy atom. The van der Waals surface area contributed by atoms with E-state index in [0.717, 1.165) is 40.8 Å². The van der Waals surface area contributed by atoms with Crippen LogP contribution in [0.5, 0.6) is 10.9 Å². The summed E-state index contributed by atoms with van der Waals surface area (Å²) in [7, 11) is 0. The van der Waals surface area contributed by atoms with E-state index in [-0.39, 0.29) is 5.41 Å². The molecular formula is C21H27N3OS. The fourth-order valence-corrected chi connectivity index (χ4v) is 4.16. The maximum Gasteiger partial charge on any atom is 0.278 e. The molecule has 26 heavy (non-hydrogen) atoms. The fraction of sp³-hybridized carbons (Fsp3) is 0.524. The second kappa shape index (κ2) is 7.03. The monoisotopic (exact) mass is 369 g/mol. The molecule has 2 fully saturated rings. The van der Waals surface area contributed by atoms with Crippen molar-refractivity contribution in [2.45, 2.75) is 58.3 Å². The molecule has 0 unspecified atom stereocenters. The number of piperidine rings is 1. The van der Waals surface area contributed by atoms with Gasteiger partial charge in [-0.2, -0.15) is 0 Å². The van der Waals surface area contributed by atoms with Crippen molar-refractivity contribution < 1.29 is 4.74 Å². The van der Waals surface area contributed by atoms with E-state index in [1.165, 1.54) is 37.8 Å². The van der Waals surface area contributed by atoms with Gasteiger partial charge in [-0.15, -0.1) is 0 Å². The van der Waals surface area contributed by atoms with Crippen molar-refractivity contribution in [3.05, 3.63) is 34.3 Å². The smallest absolute Gasteiger partial charge is 0.278 e. The SMILES string of the molecule is Cc1cc(Oc2nc(C3(C)CC3)cs2)c(C)cc1N=CN1CCCCC1. The number of aryl methyl sites for hydroxylation is 2. The van der Waals surface area contributed by atoms with Crippen molar-refractivity contribution in [3.8, 4) is 10.9 Å². The highest BCUT2D eigenvalue weighted by atomic mass is 32.1. The number of likely N-dealkylation sites (tertiary alicyclic amines) is 1. The first-order valence-corrected chi connectivity index (χ1v) is 10.4. The van der Waals surface area contributed by atoms with E-state index in [9.17, 15) is 0 Å². The molecule has 0 amide bonds. The molecule has 2 aliphatic rings. The van der Waals surface area contributed by atoms with Gasteiger partial charge in [-0.1, -0.05) is 18.3 Å². The lowest BCUT2D eigenvalue weighted by molar-refractivity contribution is 0.351. The van der Waals surface area contributed by atoms with E-state index in [1.54, 1.807) is 11.3 Å². The van der Waals surface area contributed by atoms with Gasteiger partial charge in [0.25, 0.3) is 5.19 Å². The third kappa shape index (κ3) is 3.78. The third-order valence-corrected chi connectivity index (χ3v) is 6.26. The molecule has 0 N–H and O–H groups in total. The number of hydrogen-bond acceptors (Lipinski definition) is 4. The molecule has 0 bridgehead atoms. The molecule has 1 aromatic heterocycles. The molecule has 138 valence electrons. The summed E-state index contributed by atoms with van der Waals surface area (Å²) < 4.78 is 6.09. The van der Waals surface area contributed by atoms with Crippen LogP contribution in [0.1, 0.15) is 55.8 Å². The maximum absolute atomic E-state index is 6.09. The average Bonchev–Trinajstić information content (AvgIpc) is 3.21. The molecule has 5 heteroatoms. The Bertz CT molecular complexity index is 817. The van der Waals surface area contributed by atoms with Gasteiger partial charge in [0.2, 0.25) is 0 Å². The predicted molar refractivity (Wildman–Crippen MR) is 108 cm³/mol. The van der Waals surface area contributed by atoms with Gasteiger partial charge in [0, 0.05) is 23.9 Å². The fourth-order valence-electron chi connectivity index (χ4n) is 3.32. The zero-order valence-electron chi connectivity index (χ0n) is 15.9. The third-order valence-electron chi connectivity index (χ3n) is 5.54. The Balaban J connectivity index is 1.48. The van der Waals surface area contributed by atoms with Gasteiger partial charge in [-0.3, -0.25) is 0 Å². The molecule has 1 aromatic carbocycles. The molecule has 4 rings (SSSR count). The normalized spacial score (nSPS) is 19.1. The van der Waals surface area contributed by atoms with Crippen molar-refractivity contribution in [3.63, 3.8) is 0 Å². The quantitative estimate of drug-likeness (QED) is 0.497. The summed E-state index contributed by atoms with van der Waals surface area (Å²) in [6.45, 7) is 8.68. The highest BCUT2D eigenvalue weighted by Crippen LogP contribution is 2.48. The van der Waals surface area contributed by atoms with Crippen LogP contribution in [0, 0.1) is 13.8 Å². The topological polar surface area (TPSA) is 37.7 Å². The Hall–Kier alpha value is -1.88. The van der Waals surface area contributed by atoms with Crippen LogP contribution in [-0.4, -0.2) is 29.3 Å². The molecule has 0 radical (unpaired) electrons. The number of nitrogens with zero attached hydrogens (tertiary/aromatic N) is 3. The molecule has 2 aromatic rings. The van der Waals surface area contributed by atoms with Gasteiger partial charge in [-0.25, -0.2) is 9.98 Å². The van der Waals surface area contributed by atoms with Crippen molar-refractivity contribution in [1.29, 1.82) is 0 Å². The van der Waals surface area contributed by atoms with Crippen LogP contribution in [0.25, 0.3) is 0 Å². The number of thiazole rings is 1. The molecule has 4 nitrogen and oxygen atoms in total. The second-order valence-electron chi connectivity index (χ2n) is 7.91. The minimum Gasteiger partial charge on any atom is -0.431 e. The summed E-state index contributed by atoms with van der Waals surface area (Å²) in [4.78, 5) is 11.7. The van der Waals surface area contributed by atoms with E-state index in [0.29, 0.717) is 0 Å². The van der Waals surface area contributed by atoms with E-state index < -0.39 is 0 Å². The summed E-state index contributed by atoms with van der Waals surface area (Å²) >= 11 is 1.59. The number of hydrogen-bond donors (Lipinski definition) is 0. The van der Waals surface area contributed by atoms with Crippen LogP contribution in [0.4, 0.5) is 5.69 Å². The lowest BCUT2D eigenvalue weighted by Crippen LogP contribution is -2.28. The van der Waals surface area contributed by atoms with Crippen molar-refractivity contribution in [2.75, 3.05) is 13.1 Å². The van der Waals surface area contributed by atoms with Gasteiger partial charge < -0.3 is 9.64 Å². The molecule has 1 aliphatic carbocycles. The van der Waals surface area contributed by atoms with E-state index in [1.807, 2.05) is 6.34 Å². The van der Waals surface area contributed by atoms with E-state index in [2.05, 4.69) is 43.2 Å². The van der Waals surface area contributed by atoms with Crippen molar-refractivity contribution >= 4 is 23.4 Å². The van der Waals surface area contributed by atoms with E-state index >= 15 is 0 Å². The number of aromatic nitrogens is 1. The number of benzene rings is 1. The standard InChI is InChI=1S/C21H27N3OS/c1-15-12-18(25-20-23-19(13-26-20)21(3)7-8-21)16(2)11-17(15)22-14-24-9-5-4-6-10-24/h11-14H,4-10H2,1-3H3. The zero-order chi connectivity index (χ0) is 18.1. The van der Waals surface area contributed by atoms with Crippen LogP contribution in [-0.2, 0) is 5.41 Å². The van der Waals surface area contributed by atoms with Gasteiger partial charge in [0.05, 0.1) is 17.7 Å². The second-order valence-corrected chi connectivity index (χ2v) is 8.73. The van der Waals surface area contributed by atoms with Crippen LogP contribution < -0.4 is 4.74 Å². The first-order valence-electron chi connectivity index (χ1n) is 9.57. The van der Waals surface area contributed by atoms with Crippen LogP contribution in [0.15, 0.2) is 22.5 Å². The summed E-state index contributed by atoms with van der Waals surface area (Å²) in [5.41, 5.74) is 4.71. The van der Waals surface area contributed by atoms with Crippen LogP contribution in [0.3, 0.4) is 0 Å². The van der Waals surface area contributed by atoms with Crippen molar-refractivity contribution in [1.82, 2.24) is 9.88 Å². The summed E-state index contributed by atoms with van der Waals surface area (Å²) in [6, 6.07) is 4.19. The lowest BCUT2D eigenvalue weighted by atomic mass is 10.1. The number of aliphatic imine (C=N–C) groups is 1. The zero-order valence-corrected chi connectivity index (χ0v) is 16.7. The summed E-state index contributed by atoms with van der Waals surface area (Å²) in [5.74, 6) is 0.876. The minimum atomic E-state index is 0.288. The van der Waals surface area contributed by atoms with Gasteiger partial charge in [0.1, 0.15) is 5.75 Å². The lowest BCUT2D eigenvalue weighted by Gasteiger charge is -2.23. The highest BCUT2D eigenvalue weighted by molar-refractivity contribution is 7.11. The van der Waals surface area contributed by atoms with Gasteiger partial charge in [0.15, 0.2) is 0 Å².